The molecule has 0 heterocycles. The molecule has 0 fully saturated rings. The van der Waals surface area contributed by atoms with E-state index >= 15 is 0 Å². The fourth-order valence-electron chi connectivity index (χ4n) is 1.91. The smallest absolute Gasteiger partial charge is 0.423 e. The zero-order valence-electron chi connectivity index (χ0n) is 11.3. The van der Waals surface area contributed by atoms with Gasteiger partial charge in [0.2, 0.25) is 0 Å². The standard InChI is InChI=1S/C13H19BFNO3/c1-3-7-16(8-4-2)13(17)10-5-6-12(15)11(9-10)14(18)19/h5-6,9,18-19H,3-4,7-8H2,1-2H3. The Hall–Kier alpha value is -1.40. The largest absolute Gasteiger partial charge is 0.491 e. The third-order valence-corrected chi connectivity index (χ3v) is 2.80. The summed E-state index contributed by atoms with van der Waals surface area (Å²) in [6, 6.07) is 3.64. The van der Waals surface area contributed by atoms with Crippen LogP contribution in [0.2, 0.25) is 0 Å². The highest BCUT2D eigenvalue weighted by atomic mass is 19.1. The molecule has 6 heteroatoms. The molecular formula is C13H19BFNO3. The van der Waals surface area contributed by atoms with E-state index in [9.17, 15) is 9.18 Å². The number of carbonyl (C=O) groups excluding carboxylic acids is 1. The summed E-state index contributed by atoms with van der Waals surface area (Å²) in [5.74, 6) is -0.949. The molecule has 19 heavy (non-hydrogen) atoms. The number of carbonyl (C=O) groups is 1. The number of hydrogen-bond donors (Lipinski definition) is 2. The van der Waals surface area contributed by atoms with Crippen LogP contribution < -0.4 is 5.46 Å². The van der Waals surface area contributed by atoms with Crippen molar-refractivity contribution in [3.63, 3.8) is 0 Å². The van der Waals surface area contributed by atoms with Gasteiger partial charge in [-0.2, -0.15) is 0 Å². The summed E-state index contributed by atoms with van der Waals surface area (Å²) < 4.78 is 13.3. The van der Waals surface area contributed by atoms with Crippen LogP contribution >= 0.6 is 0 Å². The second-order valence-electron chi connectivity index (χ2n) is 4.40. The maximum absolute atomic E-state index is 13.3. The molecule has 0 aliphatic rings. The van der Waals surface area contributed by atoms with Gasteiger partial charge in [0.05, 0.1) is 0 Å². The van der Waals surface area contributed by atoms with Gasteiger partial charge in [0.25, 0.3) is 5.91 Å². The molecule has 0 spiro atoms. The van der Waals surface area contributed by atoms with E-state index in [-0.39, 0.29) is 16.9 Å². The molecular weight excluding hydrogens is 248 g/mol. The third kappa shape index (κ3) is 4.04. The van der Waals surface area contributed by atoms with Crippen LogP contribution in [0, 0.1) is 5.82 Å². The van der Waals surface area contributed by atoms with Gasteiger partial charge >= 0.3 is 7.12 Å². The monoisotopic (exact) mass is 267 g/mol. The van der Waals surface area contributed by atoms with Crippen molar-refractivity contribution in [2.24, 2.45) is 0 Å². The first kappa shape index (κ1) is 15.7. The predicted molar refractivity (Wildman–Crippen MR) is 72.7 cm³/mol. The van der Waals surface area contributed by atoms with Crippen LogP contribution in [-0.4, -0.2) is 41.1 Å². The molecule has 1 aromatic carbocycles. The van der Waals surface area contributed by atoms with Crippen molar-refractivity contribution in [3.8, 4) is 0 Å². The highest BCUT2D eigenvalue weighted by molar-refractivity contribution is 6.58. The van der Waals surface area contributed by atoms with Crippen molar-refractivity contribution in [3.05, 3.63) is 29.6 Å². The molecule has 1 rings (SSSR count). The van der Waals surface area contributed by atoms with Crippen LogP contribution in [0.3, 0.4) is 0 Å². The lowest BCUT2D eigenvalue weighted by atomic mass is 9.79. The Morgan fingerprint density at radius 3 is 2.32 bits per heavy atom. The number of halogens is 1. The fourth-order valence-corrected chi connectivity index (χ4v) is 1.91. The summed E-state index contributed by atoms with van der Waals surface area (Å²) >= 11 is 0. The Labute approximate surface area is 113 Å². The zero-order valence-corrected chi connectivity index (χ0v) is 11.3. The van der Waals surface area contributed by atoms with E-state index in [1.807, 2.05) is 13.8 Å². The molecule has 0 atom stereocenters. The molecule has 0 aliphatic carbocycles. The van der Waals surface area contributed by atoms with Crippen LogP contribution in [0.5, 0.6) is 0 Å². The van der Waals surface area contributed by atoms with Gasteiger partial charge in [-0.25, -0.2) is 4.39 Å². The van der Waals surface area contributed by atoms with Crippen molar-refractivity contribution in [1.82, 2.24) is 4.90 Å². The molecule has 104 valence electrons. The quantitative estimate of drug-likeness (QED) is 0.748. The molecule has 0 bridgehead atoms. The number of benzene rings is 1. The second kappa shape index (κ2) is 7.26. The Morgan fingerprint density at radius 1 is 1.26 bits per heavy atom. The van der Waals surface area contributed by atoms with E-state index in [4.69, 9.17) is 10.0 Å². The fraction of sp³-hybridized carbons (Fsp3) is 0.462. The molecule has 0 saturated carbocycles. The Bertz CT molecular complexity index is 434. The van der Waals surface area contributed by atoms with Gasteiger partial charge in [0.1, 0.15) is 5.82 Å². The van der Waals surface area contributed by atoms with Gasteiger partial charge in [-0.15, -0.1) is 0 Å². The van der Waals surface area contributed by atoms with E-state index in [1.165, 1.54) is 12.1 Å². The first-order valence-corrected chi connectivity index (χ1v) is 6.46. The zero-order chi connectivity index (χ0) is 14.4. The molecule has 1 aromatic rings. The topological polar surface area (TPSA) is 60.8 Å². The van der Waals surface area contributed by atoms with Gasteiger partial charge in [-0.05, 0) is 31.0 Å². The van der Waals surface area contributed by atoms with Gasteiger partial charge in [0, 0.05) is 24.1 Å². The Kier molecular flexibility index (Phi) is 5.98. The Morgan fingerprint density at radius 2 is 1.84 bits per heavy atom. The van der Waals surface area contributed by atoms with E-state index in [2.05, 4.69) is 0 Å². The summed E-state index contributed by atoms with van der Waals surface area (Å²) in [6.45, 7) is 5.20. The van der Waals surface area contributed by atoms with Gasteiger partial charge in [0.15, 0.2) is 0 Å². The average molecular weight is 267 g/mol. The molecule has 1 amide bonds. The van der Waals surface area contributed by atoms with Crippen molar-refractivity contribution in [1.29, 1.82) is 0 Å². The third-order valence-electron chi connectivity index (χ3n) is 2.80. The van der Waals surface area contributed by atoms with Gasteiger partial charge < -0.3 is 14.9 Å². The van der Waals surface area contributed by atoms with Gasteiger partial charge in [-0.1, -0.05) is 13.8 Å². The summed E-state index contributed by atoms with van der Waals surface area (Å²) in [6.07, 6.45) is 1.67. The summed E-state index contributed by atoms with van der Waals surface area (Å²) in [5.41, 5.74) is -0.00908. The lowest BCUT2D eigenvalue weighted by Crippen LogP contribution is -2.36. The van der Waals surface area contributed by atoms with Crippen molar-refractivity contribution in [2.75, 3.05) is 13.1 Å². The number of amides is 1. The molecule has 0 aromatic heterocycles. The highest BCUT2D eigenvalue weighted by Gasteiger charge is 2.21. The van der Waals surface area contributed by atoms with Crippen LogP contribution in [0.25, 0.3) is 0 Å². The lowest BCUT2D eigenvalue weighted by Gasteiger charge is -2.21. The summed E-state index contributed by atoms with van der Waals surface area (Å²) in [7, 11) is -1.92. The number of nitrogens with zero attached hydrogens (tertiary/aromatic N) is 1. The first-order valence-electron chi connectivity index (χ1n) is 6.46. The maximum atomic E-state index is 13.3. The normalized spacial score (nSPS) is 10.4. The minimum atomic E-state index is -1.92. The summed E-state index contributed by atoms with van der Waals surface area (Å²) in [5, 5.41) is 18.1. The molecule has 0 unspecified atom stereocenters. The average Bonchev–Trinajstić information content (AvgIpc) is 2.38. The minimum Gasteiger partial charge on any atom is -0.423 e. The number of rotatable bonds is 6. The predicted octanol–water partition coefficient (Wildman–Crippen LogP) is 0.768. The lowest BCUT2D eigenvalue weighted by molar-refractivity contribution is 0.0755. The molecule has 2 N–H and O–H groups in total. The molecule has 0 radical (unpaired) electrons. The Balaban J connectivity index is 3.00. The number of hydrogen-bond acceptors (Lipinski definition) is 3. The van der Waals surface area contributed by atoms with Crippen LogP contribution in [0.15, 0.2) is 18.2 Å². The summed E-state index contributed by atoms with van der Waals surface area (Å²) in [4.78, 5) is 13.9. The van der Waals surface area contributed by atoms with E-state index < -0.39 is 12.9 Å². The van der Waals surface area contributed by atoms with Crippen molar-refractivity contribution >= 4 is 18.5 Å². The molecule has 0 saturated heterocycles. The highest BCUT2D eigenvalue weighted by Crippen LogP contribution is 2.07. The van der Waals surface area contributed by atoms with Crippen molar-refractivity contribution < 1.29 is 19.2 Å². The molecule has 0 aliphatic heterocycles. The van der Waals surface area contributed by atoms with E-state index in [1.54, 1.807) is 4.90 Å². The van der Waals surface area contributed by atoms with Crippen LogP contribution in [0.4, 0.5) is 4.39 Å². The first-order chi connectivity index (χ1) is 9.01. The SMILES string of the molecule is CCCN(CCC)C(=O)c1ccc(F)c(B(O)O)c1. The van der Waals surface area contributed by atoms with Crippen LogP contribution in [-0.2, 0) is 0 Å². The molecule has 4 nitrogen and oxygen atoms in total. The van der Waals surface area contributed by atoms with Gasteiger partial charge in [-0.3, -0.25) is 4.79 Å². The van der Waals surface area contributed by atoms with Crippen molar-refractivity contribution in [2.45, 2.75) is 26.7 Å². The minimum absolute atomic E-state index is 0.217. The second-order valence-corrected chi connectivity index (χ2v) is 4.40. The maximum Gasteiger partial charge on any atom is 0.491 e. The van der Waals surface area contributed by atoms with E-state index in [0.717, 1.165) is 18.9 Å². The van der Waals surface area contributed by atoms with E-state index in [0.29, 0.717) is 13.1 Å². The van der Waals surface area contributed by atoms with Crippen LogP contribution in [0.1, 0.15) is 37.0 Å².